The second kappa shape index (κ2) is 9.78. The van der Waals surface area contributed by atoms with Gasteiger partial charge in [-0.25, -0.2) is 0 Å². The Kier molecular flexibility index (Phi) is 6.89. The van der Waals surface area contributed by atoms with Gasteiger partial charge in [-0.3, -0.25) is 9.59 Å². The highest BCUT2D eigenvalue weighted by molar-refractivity contribution is 7.98. The lowest BCUT2D eigenvalue weighted by molar-refractivity contribution is 0.0958. The van der Waals surface area contributed by atoms with E-state index in [2.05, 4.69) is 16.7 Å². The third kappa shape index (κ3) is 5.25. The number of nitriles is 1. The van der Waals surface area contributed by atoms with Crippen LogP contribution < -0.4 is 10.6 Å². The molecule has 0 aliphatic rings. The Bertz CT molecular complexity index is 990. The van der Waals surface area contributed by atoms with E-state index < -0.39 is 0 Å². The van der Waals surface area contributed by atoms with E-state index in [4.69, 9.17) is 9.68 Å². The predicted molar refractivity (Wildman–Crippen MR) is 111 cm³/mol. The Morgan fingerprint density at radius 2 is 1.96 bits per heavy atom. The molecule has 2 N–H and O–H groups in total. The first-order valence-corrected chi connectivity index (χ1v) is 10.4. The first-order chi connectivity index (χ1) is 13.7. The molecular formula is C20H17N3O3S2. The van der Waals surface area contributed by atoms with Gasteiger partial charge >= 0.3 is 0 Å². The van der Waals surface area contributed by atoms with Crippen molar-refractivity contribution < 1.29 is 14.0 Å². The predicted octanol–water partition coefficient (Wildman–Crippen LogP) is 4.13. The molecule has 2 heterocycles. The Morgan fingerprint density at radius 1 is 1.11 bits per heavy atom. The number of amides is 2. The minimum atomic E-state index is -0.354. The molecule has 0 unspecified atom stereocenters. The summed E-state index contributed by atoms with van der Waals surface area (Å²) in [7, 11) is 0. The maximum Gasteiger partial charge on any atom is 0.291 e. The molecule has 0 aliphatic heterocycles. The zero-order chi connectivity index (χ0) is 19.8. The van der Waals surface area contributed by atoms with Gasteiger partial charge in [-0.15, -0.1) is 11.3 Å². The van der Waals surface area contributed by atoms with Crippen molar-refractivity contribution >= 4 is 39.9 Å². The van der Waals surface area contributed by atoms with Crippen LogP contribution in [0.2, 0.25) is 0 Å². The number of nitrogens with one attached hydrogen (secondary N) is 2. The number of benzene rings is 1. The average Bonchev–Trinajstić information content (AvgIpc) is 3.40. The number of thiophene rings is 1. The first kappa shape index (κ1) is 19.7. The minimum absolute atomic E-state index is 0.179. The molecule has 3 aromatic rings. The number of furan rings is 1. The topological polar surface area (TPSA) is 95.1 Å². The van der Waals surface area contributed by atoms with E-state index in [9.17, 15) is 9.59 Å². The fourth-order valence-corrected chi connectivity index (χ4v) is 4.05. The number of hydrogen-bond acceptors (Lipinski definition) is 6. The van der Waals surface area contributed by atoms with E-state index in [0.717, 1.165) is 17.1 Å². The zero-order valence-electron chi connectivity index (χ0n) is 14.8. The lowest BCUT2D eigenvalue weighted by Crippen LogP contribution is -2.24. The van der Waals surface area contributed by atoms with Crippen LogP contribution in [0, 0.1) is 11.3 Å². The highest BCUT2D eigenvalue weighted by Crippen LogP contribution is 2.22. The van der Waals surface area contributed by atoms with Crippen LogP contribution in [-0.4, -0.2) is 24.1 Å². The van der Waals surface area contributed by atoms with Crippen molar-refractivity contribution in [2.45, 2.75) is 5.75 Å². The van der Waals surface area contributed by atoms with Gasteiger partial charge in [0.15, 0.2) is 5.76 Å². The highest BCUT2D eigenvalue weighted by Gasteiger charge is 2.13. The molecule has 6 nitrogen and oxygen atoms in total. The molecule has 28 heavy (non-hydrogen) atoms. The lowest BCUT2D eigenvalue weighted by atomic mass is 10.1. The van der Waals surface area contributed by atoms with Gasteiger partial charge in [0.2, 0.25) is 0 Å². The van der Waals surface area contributed by atoms with E-state index in [1.165, 1.54) is 17.6 Å². The highest BCUT2D eigenvalue weighted by atomic mass is 32.2. The van der Waals surface area contributed by atoms with Crippen LogP contribution in [0.1, 0.15) is 31.4 Å². The normalized spacial score (nSPS) is 10.2. The fraction of sp³-hybridized carbons (Fsp3) is 0.150. The van der Waals surface area contributed by atoms with E-state index in [0.29, 0.717) is 22.0 Å². The second-order valence-corrected chi connectivity index (χ2v) is 7.86. The van der Waals surface area contributed by atoms with E-state index >= 15 is 0 Å². The SMILES string of the molecule is N#Cc1ccccc1CSCCNC(=O)c1ccc(NC(=O)c2ccco2)s1. The van der Waals surface area contributed by atoms with Gasteiger partial charge < -0.3 is 15.1 Å². The number of nitrogens with zero attached hydrogens (tertiary/aromatic N) is 1. The van der Waals surface area contributed by atoms with Crippen molar-refractivity contribution in [1.82, 2.24) is 5.32 Å². The largest absolute Gasteiger partial charge is 0.459 e. The number of thioether (sulfide) groups is 1. The lowest BCUT2D eigenvalue weighted by Gasteiger charge is -2.05. The van der Waals surface area contributed by atoms with Gasteiger partial charge in [-0.2, -0.15) is 17.0 Å². The van der Waals surface area contributed by atoms with Crippen LogP contribution in [0.4, 0.5) is 5.00 Å². The quantitative estimate of drug-likeness (QED) is 0.544. The Balaban J connectivity index is 1.41. The summed E-state index contributed by atoms with van der Waals surface area (Å²) >= 11 is 2.86. The van der Waals surface area contributed by atoms with Gasteiger partial charge in [0, 0.05) is 18.1 Å². The smallest absolute Gasteiger partial charge is 0.291 e. The molecule has 0 fully saturated rings. The standard InChI is InChI=1S/C20H17N3O3S2/c21-12-14-4-1-2-5-15(14)13-27-11-9-22-20(25)17-7-8-18(28-17)23-19(24)16-6-3-10-26-16/h1-8,10H,9,11,13H2,(H,22,25)(H,23,24). The van der Waals surface area contributed by atoms with Crippen molar-refractivity contribution in [3.05, 3.63) is 76.6 Å². The Morgan fingerprint density at radius 3 is 2.75 bits per heavy atom. The number of hydrogen-bond donors (Lipinski definition) is 2. The van der Waals surface area contributed by atoms with Crippen molar-refractivity contribution in [3.63, 3.8) is 0 Å². The maximum atomic E-state index is 12.2. The minimum Gasteiger partial charge on any atom is -0.459 e. The summed E-state index contributed by atoms with van der Waals surface area (Å²) in [6.07, 6.45) is 1.43. The Hall–Kier alpha value is -3.02. The number of rotatable bonds is 8. The van der Waals surface area contributed by atoms with E-state index in [1.54, 1.807) is 42.1 Å². The molecule has 0 atom stereocenters. The van der Waals surface area contributed by atoms with E-state index in [-0.39, 0.29) is 17.6 Å². The fourth-order valence-electron chi connectivity index (χ4n) is 2.37. The van der Waals surface area contributed by atoms with Gasteiger partial charge in [0.05, 0.1) is 27.8 Å². The molecule has 2 amide bonds. The van der Waals surface area contributed by atoms with Crippen LogP contribution in [-0.2, 0) is 5.75 Å². The first-order valence-electron chi connectivity index (χ1n) is 8.46. The summed E-state index contributed by atoms with van der Waals surface area (Å²) in [6.45, 7) is 0.518. The Labute approximate surface area is 170 Å². The van der Waals surface area contributed by atoms with Crippen LogP contribution in [0.3, 0.4) is 0 Å². The van der Waals surface area contributed by atoms with Crippen LogP contribution in [0.15, 0.2) is 59.2 Å². The summed E-state index contributed by atoms with van der Waals surface area (Å²) in [5.74, 6) is 1.14. The van der Waals surface area contributed by atoms with Crippen molar-refractivity contribution in [2.75, 3.05) is 17.6 Å². The molecule has 1 aromatic carbocycles. The molecule has 0 saturated heterocycles. The molecule has 0 aliphatic carbocycles. The zero-order valence-corrected chi connectivity index (χ0v) is 16.4. The summed E-state index contributed by atoms with van der Waals surface area (Å²) in [6, 6.07) is 16.3. The monoisotopic (exact) mass is 411 g/mol. The number of carbonyl (C=O) groups is 2. The third-order valence-electron chi connectivity index (χ3n) is 3.74. The van der Waals surface area contributed by atoms with Gasteiger partial charge in [-0.05, 0) is 35.9 Å². The second-order valence-electron chi connectivity index (χ2n) is 5.67. The van der Waals surface area contributed by atoms with Crippen molar-refractivity contribution in [1.29, 1.82) is 5.26 Å². The molecule has 0 bridgehead atoms. The van der Waals surface area contributed by atoms with Crippen LogP contribution >= 0.6 is 23.1 Å². The molecule has 0 saturated carbocycles. The molecule has 8 heteroatoms. The molecule has 142 valence electrons. The third-order valence-corrected chi connectivity index (χ3v) is 5.75. The summed E-state index contributed by atoms with van der Waals surface area (Å²) < 4.78 is 5.04. The maximum absolute atomic E-state index is 12.2. The molecule has 3 rings (SSSR count). The molecule has 0 radical (unpaired) electrons. The number of carbonyl (C=O) groups excluding carboxylic acids is 2. The average molecular weight is 412 g/mol. The van der Waals surface area contributed by atoms with Crippen molar-refractivity contribution in [2.24, 2.45) is 0 Å². The van der Waals surface area contributed by atoms with Gasteiger partial charge in [0.1, 0.15) is 0 Å². The summed E-state index contributed by atoms with van der Waals surface area (Å²) in [5.41, 5.74) is 1.68. The molecular weight excluding hydrogens is 394 g/mol. The van der Waals surface area contributed by atoms with Crippen molar-refractivity contribution in [3.8, 4) is 6.07 Å². The van der Waals surface area contributed by atoms with Gasteiger partial charge in [-0.1, -0.05) is 18.2 Å². The van der Waals surface area contributed by atoms with Crippen LogP contribution in [0.5, 0.6) is 0 Å². The van der Waals surface area contributed by atoms with E-state index in [1.807, 2.05) is 18.2 Å². The van der Waals surface area contributed by atoms with Gasteiger partial charge in [0.25, 0.3) is 11.8 Å². The molecule has 2 aromatic heterocycles. The summed E-state index contributed by atoms with van der Waals surface area (Å²) in [5, 5.41) is 15.2. The molecule has 0 spiro atoms. The number of anilines is 1. The summed E-state index contributed by atoms with van der Waals surface area (Å²) in [4.78, 5) is 24.7. The van der Waals surface area contributed by atoms with Crippen LogP contribution in [0.25, 0.3) is 0 Å².